The quantitative estimate of drug-likeness (QED) is 0.634. The van der Waals surface area contributed by atoms with Gasteiger partial charge in [0, 0.05) is 12.0 Å². The average molecular weight is 185 g/mol. The number of aliphatic hydroxyl groups excluding tert-OH is 1. The molecule has 3 unspecified atom stereocenters. The Bertz CT molecular complexity index is 184. The van der Waals surface area contributed by atoms with Gasteiger partial charge in [-0.2, -0.15) is 0 Å². The van der Waals surface area contributed by atoms with Gasteiger partial charge in [0.15, 0.2) is 0 Å². The second-order valence-corrected chi connectivity index (χ2v) is 4.16. The van der Waals surface area contributed by atoms with Crippen molar-refractivity contribution in [2.75, 3.05) is 6.54 Å². The molecule has 1 rings (SSSR count). The van der Waals surface area contributed by atoms with Gasteiger partial charge in [-0.3, -0.25) is 0 Å². The molecule has 76 valence electrons. The summed E-state index contributed by atoms with van der Waals surface area (Å²) < 4.78 is 0. The van der Waals surface area contributed by atoms with Gasteiger partial charge >= 0.3 is 0 Å². The summed E-state index contributed by atoms with van der Waals surface area (Å²) in [7, 11) is 0. The van der Waals surface area contributed by atoms with Gasteiger partial charge in [-0.1, -0.05) is 13.3 Å². The predicted octanol–water partition coefficient (Wildman–Crippen LogP) is 0.701. The SMILES string of the molecule is CCC1CCC(CN)(C(O)C=O)C1. The topological polar surface area (TPSA) is 63.3 Å². The standard InChI is InChI=1S/C10H19NO2/c1-2-8-3-4-10(5-8,7-11)9(13)6-12/h6,8-9,13H,2-5,7,11H2,1H3. The molecule has 1 fully saturated rings. The lowest BCUT2D eigenvalue weighted by Crippen LogP contribution is -2.40. The van der Waals surface area contributed by atoms with Crippen LogP contribution in [0.4, 0.5) is 0 Å². The molecule has 0 heterocycles. The molecule has 0 spiro atoms. The first-order valence-corrected chi connectivity index (χ1v) is 5.02. The van der Waals surface area contributed by atoms with Gasteiger partial charge < -0.3 is 15.6 Å². The molecule has 0 aliphatic heterocycles. The van der Waals surface area contributed by atoms with Gasteiger partial charge in [0.25, 0.3) is 0 Å². The maximum Gasteiger partial charge on any atom is 0.149 e. The number of aliphatic hydroxyl groups is 1. The predicted molar refractivity (Wildman–Crippen MR) is 51.2 cm³/mol. The summed E-state index contributed by atoms with van der Waals surface area (Å²) in [6.45, 7) is 2.56. The zero-order chi connectivity index (χ0) is 9.90. The maximum atomic E-state index is 10.5. The van der Waals surface area contributed by atoms with Crippen molar-refractivity contribution < 1.29 is 9.90 Å². The molecule has 1 aliphatic rings. The molecule has 3 heteroatoms. The molecular formula is C10H19NO2. The largest absolute Gasteiger partial charge is 0.385 e. The van der Waals surface area contributed by atoms with E-state index in [1.807, 2.05) is 0 Å². The lowest BCUT2D eigenvalue weighted by Gasteiger charge is -2.29. The van der Waals surface area contributed by atoms with Crippen molar-refractivity contribution in [3.8, 4) is 0 Å². The van der Waals surface area contributed by atoms with Crippen molar-refractivity contribution in [1.29, 1.82) is 0 Å². The molecule has 0 aromatic heterocycles. The van der Waals surface area contributed by atoms with Gasteiger partial charge in [-0.15, -0.1) is 0 Å². The number of rotatable bonds is 4. The molecule has 3 nitrogen and oxygen atoms in total. The first-order valence-electron chi connectivity index (χ1n) is 5.02. The third-order valence-electron chi connectivity index (χ3n) is 3.49. The summed E-state index contributed by atoms with van der Waals surface area (Å²) in [5.74, 6) is 0.637. The number of aldehydes is 1. The van der Waals surface area contributed by atoms with Crippen molar-refractivity contribution in [2.24, 2.45) is 17.1 Å². The zero-order valence-electron chi connectivity index (χ0n) is 8.20. The Labute approximate surface area is 79.3 Å². The number of hydrogen-bond acceptors (Lipinski definition) is 3. The van der Waals surface area contributed by atoms with Crippen molar-refractivity contribution >= 4 is 6.29 Å². The van der Waals surface area contributed by atoms with E-state index < -0.39 is 6.10 Å². The van der Waals surface area contributed by atoms with E-state index in [0.717, 1.165) is 25.7 Å². The van der Waals surface area contributed by atoms with E-state index in [2.05, 4.69) is 6.92 Å². The molecule has 1 saturated carbocycles. The number of carbonyl (C=O) groups is 1. The first kappa shape index (κ1) is 10.7. The number of nitrogens with two attached hydrogens (primary N) is 1. The Kier molecular flexibility index (Phi) is 3.45. The summed E-state index contributed by atoms with van der Waals surface area (Å²) in [6.07, 6.45) is 3.77. The van der Waals surface area contributed by atoms with Crippen LogP contribution in [-0.2, 0) is 4.79 Å². The molecule has 0 bridgehead atoms. The molecule has 13 heavy (non-hydrogen) atoms. The number of hydrogen-bond donors (Lipinski definition) is 2. The highest BCUT2D eigenvalue weighted by molar-refractivity contribution is 5.57. The molecule has 0 aromatic carbocycles. The molecule has 1 aliphatic carbocycles. The minimum atomic E-state index is -0.867. The average Bonchev–Trinajstić information content (AvgIpc) is 2.61. The minimum Gasteiger partial charge on any atom is -0.385 e. The maximum absolute atomic E-state index is 10.5. The molecule has 0 aromatic rings. The van der Waals surface area contributed by atoms with E-state index in [4.69, 9.17) is 5.73 Å². The fraction of sp³-hybridized carbons (Fsp3) is 0.900. The molecular weight excluding hydrogens is 166 g/mol. The van der Waals surface area contributed by atoms with Crippen LogP contribution in [0.15, 0.2) is 0 Å². The third kappa shape index (κ3) is 1.92. The zero-order valence-corrected chi connectivity index (χ0v) is 8.20. The van der Waals surface area contributed by atoms with Crippen LogP contribution in [0.2, 0.25) is 0 Å². The highest BCUT2D eigenvalue weighted by atomic mass is 16.3. The van der Waals surface area contributed by atoms with Crippen LogP contribution in [0.1, 0.15) is 32.6 Å². The van der Waals surface area contributed by atoms with Gasteiger partial charge in [-0.05, 0) is 25.2 Å². The highest BCUT2D eigenvalue weighted by Crippen LogP contribution is 2.44. The molecule has 0 radical (unpaired) electrons. The van der Waals surface area contributed by atoms with Crippen LogP contribution in [0, 0.1) is 11.3 Å². The van der Waals surface area contributed by atoms with E-state index in [-0.39, 0.29) is 5.41 Å². The molecule has 0 amide bonds. The van der Waals surface area contributed by atoms with E-state index >= 15 is 0 Å². The van der Waals surface area contributed by atoms with Crippen molar-refractivity contribution in [3.05, 3.63) is 0 Å². The van der Waals surface area contributed by atoms with Crippen LogP contribution in [0.3, 0.4) is 0 Å². The highest BCUT2D eigenvalue weighted by Gasteiger charge is 2.42. The van der Waals surface area contributed by atoms with Gasteiger partial charge in [0.2, 0.25) is 0 Å². The lowest BCUT2D eigenvalue weighted by molar-refractivity contribution is -0.121. The Balaban J connectivity index is 2.67. The summed E-state index contributed by atoms with van der Waals surface area (Å²) in [6, 6.07) is 0. The van der Waals surface area contributed by atoms with Crippen LogP contribution in [-0.4, -0.2) is 24.0 Å². The van der Waals surface area contributed by atoms with Crippen molar-refractivity contribution in [2.45, 2.75) is 38.7 Å². The molecule has 0 saturated heterocycles. The van der Waals surface area contributed by atoms with Crippen molar-refractivity contribution in [3.63, 3.8) is 0 Å². The number of carbonyl (C=O) groups excluding carboxylic acids is 1. The fourth-order valence-electron chi connectivity index (χ4n) is 2.34. The van der Waals surface area contributed by atoms with E-state index in [9.17, 15) is 9.90 Å². The molecule has 3 N–H and O–H groups in total. The second-order valence-electron chi connectivity index (χ2n) is 4.16. The minimum absolute atomic E-state index is 0.317. The van der Waals surface area contributed by atoms with Gasteiger partial charge in [0.1, 0.15) is 12.4 Å². The monoisotopic (exact) mass is 185 g/mol. The van der Waals surface area contributed by atoms with E-state index in [1.165, 1.54) is 0 Å². The van der Waals surface area contributed by atoms with Crippen LogP contribution in [0.5, 0.6) is 0 Å². The van der Waals surface area contributed by atoms with Gasteiger partial charge in [0.05, 0.1) is 0 Å². The Hall–Kier alpha value is -0.410. The Morgan fingerprint density at radius 2 is 2.46 bits per heavy atom. The smallest absolute Gasteiger partial charge is 0.149 e. The Morgan fingerprint density at radius 1 is 1.77 bits per heavy atom. The summed E-state index contributed by atoms with van der Waals surface area (Å²) in [4.78, 5) is 10.5. The van der Waals surface area contributed by atoms with Crippen LogP contribution in [0.25, 0.3) is 0 Å². The lowest BCUT2D eigenvalue weighted by atomic mass is 9.80. The summed E-state index contributed by atoms with van der Waals surface area (Å²) in [5.41, 5.74) is 5.33. The first-order chi connectivity index (χ1) is 6.18. The molecule has 3 atom stereocenters. The summed E-state index contributed by atoms with van der Waals surface area (Å²) >= 11 is 0. The third-order valence-corrected chi connectivity index (χ3v) is 3.49. The fourth-order valence-corrected chi connectivity index (χ4v) is 2.34. The normalized spacial score (nSPS) is 36.1. The second kappa shape index (κ2) is 4.20. The van der Waals surface area contributed by atoms with E-state index in [1.54, 1.807) is 0 Å². The van der Waals surface area contributed by atoms with Crippen LogP contribution < -0.4 is 5.73 Å². The van der Waals surface area contributed by atoms with Gasteiger partial charge in [-0.25, -0.2) is 0 Å². The Morgan fingerprint density at radius 3 is 2.85 bits per heavy atom. The summed E-state index contributed by atoms with van der Waals surface area (Å²) in [5, 5.41) is 9.57. The van der Waals surface area contributed by atoms with Crippen LogP contribution >= 0.6 is 0 Å². The van der Waals surface area contributed by atoms with Crippen molar-refractivity contribution in [1.82, 2.24) is 0 Å². The van der Waals surface area contributed by atoms with E-state index in [0.29, 0.717) is 18.7 Å².